The van der Waals surface area contributed by atoms with E-state index in [0.29, 0.717) is 5.92 Å². The molecule has 1 heterocycles. The number of aryl methyl sites for hydroxylation is 1. The van der Waals surface area contributed by atoms with Gasteiger partial charge < -0.3 is 9.67 Å². The highest BCUT2D eigenvalue weighted by Crippen LogP contribution is 2.24. The van der Waals surface area contributed by atoms with Gasteiger partial charge in [0.25, 0.3) is 5.91 Å². The molecule has 0 fully saturated rings. The van der Waals surface area contributed by atoms with Gasteiger partial charge in [-0.05, 0) is 48.7 Å². The third-order valence-electron chi connectivity index (χ3n) is 4.64. The van der Waals surface area contributed by atoms with E-state index in [1.54, 1.807) is 18.3 Å². The van der Waals surface area contributed by atoms with Crippen LogP contribution in [0.25, 0.3) is 10.8 Å². The van der Waals surface area contributed by atoms with E-state index in [2.05, 4.69) is 41.9 Å². The number of phenolic OH excluding ortho intramolecular Hbond substituents is 1. The van der Waals surface area contributed by atoms with Gasteiger partial charge in [0, 0.05) is 23.5 Å². The van der Waals surface area contributed by atoms with E-state index < -0.39 is 5.91 Å². The molecular weight excluding hydrogens is 338 g/mol. The van der Waals surface area contributed by atoms with Crippen LogP contribution >= 0.6 is 0 Å². The summed E-state index contributed by atoms with van der Waals surface area (Å²) in [6, 6.07) is 12.9. The lowest BCUT2D eigenvalue weighted by Crippen LogP contribution is -2.17. The number of rotatable bonds is 5. The van der Waals surface area contributed by atoms with Gasteiger partial charge in [-0.25, -0.2) is 5.43 Å². The quantitative estimate of drug-likeness (QED) is 0.522. The lowest BCUT2D eigenvalue weighted by molar-refractivity contribution is 0.0952. The molecule has 0 saturated heterocycles. The summed E-state index contributed by atoms with van der Waals surface area (Å²) in [6.07, 6.45) is 1.65. The van der Waals surface area contributed by atoms with Crippen LogP contribution < -0.4 is 5.43 Å². The molecule has 2 aromatic carbocycles. The van der Waals surface area contributed by atoms with Crippen LogP contribution in [0.2, 0.25) is 0 Å². The highest BCUT2D eigenvalue weighted by atomic mass is 16.3. The SMILES string of the molecule is Cc1cc(/C=N/NC(=O)c2cc3ccccc3cc2O)c(C)n1CC(C)C. The van der Waals surface area contributed by atoms with Crippen molar-refractivity contribution in [3.8, 4) is 5.75 Å². The largest absolute Gasteiger partial charge is 0.507 e. The van der Waals surface area contributed by atoms with Crippen LogP contribution in [0.5, 0.6) is 5.75 Å². The molecule has 1 aromatic heterocycles. The van der Waals surface area contributed by atoms with Gasteiger partial charge >= 0.3 is 0 Å². The number of hydrogen-bond acceptors (Lipinski definition) is 3. The molecular formula is C22H25N3O2. The molecule has 0 bridgehead atoms. The van der Waals surface area contributed by atoms with Gasteiger partial charge in [0.05, 0.1) is 11.8 Å². The van der Waals surface area contributed by atoms with E-state index in [1.165, 1.54) is 5.69 Å². The zero-order valence-electron chi connectivity index (χ0n) is 16.2. The molecule has 3 aromatic rings. The molecule has 0 aliphatic heterocycles. The number of nitrogens with zero attached hydrogens (tertiary/aromatic N) is 2. The summed E-state index contributed by atoms with van der Waals surface area (Å²) in [5.74, 6) is 0.0529. The topological polar surface area (TPSA) is 66.6 Å². The Morgan fingerprint density at radius 2 is 1.85 bits per heavy atom. The Labute approximate surface area is 159 Å². The zero-order valence-corrected chi connectivity index (χ0v) is 16.2. The molecule has 5 nitrogen and oxygen atoms in total. The molecule has 0 saturated carbocycles. The van der Waals surface area contributed by atoms with E-state index in [4.69, 9.17) is 0 Å². The van der Waals surface area contributed by atoms with Crippen molar-refractivity contribution in [1.82, 2.24) is 9.99 Å². The average Bonchev–Trinajstić information content (AvgIpc) is 2.88. The predicted molar refractivity (Wildman–Crippen MR) is 109 cm³/mol. The number of fused-ring (bicyclic) bond motifs is 1. The molecule has 5 heteroatoms. The molecule has 0 atom stereocenters. The van der Waals surface area contributed by atoms with Crippen LogP contribution in [-0.2, 0) is 6.54 Å². The molecule has 1 amide bonds. The van der Waals surface area contributed by atoms with Crippen molar-refractivity contribution < 1.29 is 9.90 Å². The fourth-order valence-corrected chi connectivity index (χ4v) is 3.24. The van der Waals surface area contributed by atoms with Gasteiger partial charge in [0.2, 0.25) is 0 Å². The molecule has 140 valence electrons. The van der Waals surface area contributed by atoms with Crippen LogP contribution in [0.15, 0.2) is 47.6 Å². The van der Waals surface area contributed by atoms with E-state index in [1.807, 2.05) is 31.2 Å². The predicted octanol–water partition coefficient (Wildman–Crippen LogP) is 4.38. The third kappa shape index (κ3) is 4.03. The second-order valence-corrected chi connectivity index (χ2v) is 7.25. The molecule has 3 rings (SSSR count). The van der Waals surface area contributed by atoms with Crippen molar-refractivity contribution in [3.63, 3.8) is 0 Å². The Kier molecular flexibility index (Phi) is 5.31. The molecule has 0 spiro atoms. The van der Waals surface area contributed by atoms with Gasteiger partial charge in [0.15, 0.2) is 0 Å². The molecule has 0 unspecified atom stereocenters. The zero-order chi connectivity index (χ0) is 19.6. The maximum absolute atomic E-state index is 12.4. The number of aromatic hydroxyl groups is 1. The molecule has 0 aliphatic rings. The Balaban J connectivity index is 1.77. The van der Waals surface area contributed by atoms with Gasteiger partial charge in [-0.2, -0.15) is 5.10 Å². The molecule has 0 aliphatic carbocycles. The first-order valence-corrected chi connectivity index (χ1v) is 9.08. The van der Waals surface area contributed by atoms with Crippen molar-refractivity contribution in [1.29, 1.82) is 0 Å². The number of benzene rings is 2. The minimum atomic E-state index is -0.439. The van der Waals surface area contributed by atoms with Crippen LogP contribution in [0.3, 0.4) is 0 Å². The second-order valence-electron chi connectivity index (χ2n) is 7.25. The summed E-state index contributed by atoms with van der Waals surface area (Å²) in [7, 11) is 0. The third-order valence-corrected chi connectivity index (χ3v) is 4.64. The molecule has 27 heavy (non-hydrogen) atoms. The normalized spacial score (nSPS) is 11.6. The van der Waals surface area contributed by atoms with E-state index in [0.717, 1.165) is 28.6 Å². The van der Waals surface area contributed by atoms with Crippen LogP contribution in [-0.4, -0.2) is 21.8 Å². The number of amides is 1. The Bertz CT molecular complexity index is 1020. The number of hydrazone groups is 1. The maximum Gasteiger partial charge on any atom is 0.275 e. The number of hydrogen-bond donors (Lipinski definition) is 2. The highest BCUT2D eigenvalue weighted by Gasteiger charge is 2.12. The van der Waals surface area contributed by atoms with Crippen LogP contribution in [0.1, 0.15) is 41.2 Å². The Morgan fingerprint density at radius 3 is 2.52 bits per heavy atom. The Morgan fingerprint density at radius 1 is 1.19 bits per heavy atom. The van der Waals surface area contributed by atoms with Crippen molar-refractivity contribution >= 4 is 22.9 Å². The van der Waals surface area contributed by atoms with Gasteiger partial charge in [-0.1, -0.05) is 38.1 Å². The Hall–Kier alpha value is -3.08. The second kappa shape index (κ2) is 7.66. The van der Waals surface area contributed by atoms with E-state index in [9.17, 15) is 9.90 Å². The van der Waals surface area contributed by atoms with Crippen LogP contribution in [0, 0.1) is 19.8 Å². The fourth-order valence-electron chi connectivity index (χ4n) is 3.24. The first-order valence-electron chi connectivity index (χ1n) is 9.08. The van der Waals surface area contributed by atoms with Crippen molar-refractivity contribution in [3.05, 3.63) is 65.0 Å². The molecule has 0 radical (unpaired) electrons. The fraction of sp³-hybridized carbons (Fsp3) is 0.273. The monoisotopic (exact) mass is 363 g/mol. The van der Waals surface area contributed by atoms with Crippen molar-refractivity contribution in [2.75, 3.05) is 0 Å². The number of carbonyl (C=O) groups is 1. The highest BCUT2D eigenvalue weighted by molar-refractivity contribution is 6.01. The van der Waals surface area contributed by atoms with Gasteiger partial charge in [-0.15, -0.1) is 0 Å². The summed E-state index contributed by atoms with van der Waals surface area (Å²) in [6.45, 7) is 9.43. The number of aromatic nitrogens is 1. The van der Waals surface area contributed by atoms with Gasteiger partial charge in [0.1, 0.15) is 5.75 Å². The van der Waals surface area contributed by atoms with E-state index >= 15 is 0 Å². The van der Waals surface area contributed by atoms with Crippen molar-refractivity contribution in [2.45, 2.75) is 34.2 Å². The minimum Gasteiger partial charge on any atom is -0.507 e. The standard InChI is InChI=1S/C22H25N3O2/c1-14(2)13-25-15(3)9-19(16(25)4)12-23-24-22(27)20-10-17-7-5-6-8-18(17)11-21(20)26/h5-12,14,26H,13H2,1-4H3,(H,24,27)/b23-12+. The average molecular weight is 363 g/mol. The maximum atomic E-state index is 12.4. The summed E-state index contributed by atoms with van der Waals surface area (Å²) in [4.78, 5) is 12.4. The summed E-state index contributed by atoms with van der Waals surface area (Å²) in [5.41, 5.74) is 5.97. The first kappa shape index (κ1) is 18.7. The number of carbonyl (C=O) groups excluding carboxylic acids is 1. The van der Waals surface area contributed by atoms with Gasteiger partial charge in [-0.3, -0.25) is 4.79 Å². The van der Waals surface area contributed by atoms with Crippen LogP contribution in [0.4, 0.5) is 0 Å². The summed E-state index contributed by atoms with van der Waals surface area (Å²) in [5, 5.41) is 16.0. The summed E-state index contributed by atoms with van der Waals surface area (Å²) < 4.78 is 2.25. The number of phenols is 1. The smallest absolute Gasteiger partial charge is 0.275 e. The van der Waals surface area contributed by atoms with Crippen molar-refractivity contribution in [2.24, 2.45) is 11.0 Å². The minimum absolute atomic E-state index is 0.0588. The van der Waals surface area contributed by atoms with E-state index in [-0.39, 0.29) is 11.3 Å². The first-order chi connectivity index (χ1) is 12.9. The summed E-state index contributed by atoms with van der Waals surface area (Å²) >= 11 is 0. The lowest BCUT2D eigenvalue weighted by Gasteiger charge is -2.11. The molecule has 2 N–H and O–H groups in total. The lowest BCUT2D eigenvalue weighted by atomic mass is 10.1. The number of nitrogens with one attached hydrogen (secondary N) is 1.